The van der Waals surface area contributed by atoms with Crippen LogP contribution in [0.15, 0.2) is 0 Å². The van der Waals surface area contributed by atoms with Crippen molar-refractivity contribution in [2.24, 2.45) is 0 Å². The Morgan fingerprint density at radius 1 is 1.38 bits per heavy atom. The van der Waals surface area contributed by atoms with Crippen LogP contribution in [0.2, 0.25) is 0 Å². The van der Waals surface area contributed by atoms with Crippen molar-refractivity contribution in [3.8, 4) is 0 Å². The van der Waals surface area contributed by atoms with Crippen molar-refractivity contribution < 1.29 is 31.7 Å². The van der Waals surface area contributed by atoms with Gasteiger partial charge in [0.25, 0.3) is 5.91 Å². The van der Waals surface area contributed by atoms with Gasteiger partial charge in [0.1, 0.15) is 6.04 Å². The number of amides is 3. The van der Waals surface area contributed by atoms with Crippen molar-refractivity contribution in [3.63, 3.8) is 0 Å². The Hall–Kier alpha value is -1.43. The molecule has 10 nitrogen and oxygen atoms in total. The monoisotopic (exact) mass is 321 g/mol. The van der Waals surface area contributed by atoms with Crippen LogP contribution in [0.1, 0.15) is 19.3 Å². The Morgan fingerprint density at radius 2 is 2.14 bits per heavy atom. The zero-order valence-corrected chi connectivity index (χ0v) is 11.9. The molecule has 2 atom stereocenters. The fourth-order valence-electron chi connectivity index (χ4n) is 2.88. The molecule has 0 radical (unpaired) electrons. The summed E-state index contributed by atoms with van der Waals surface area (Å²) in [6.07, 6.45) is 1.54. The second-order valence-electron chi connectivity index (χ2n) is 5.14. The number of fused-ring (bicyclic) bond motifs is 2. The molecule has 0 unspecified atom stereocenters. The van der Waals surface area contributed by atoms with Crippen LogP contribution in [0.3, 0.4) is 0 Å². The largest absolute Gasteiger partial charge is 0.418 e. The highest BCUT2D eigenvalue weighted by atomic mass is 32.3. The molecule has 0 aromatic carbocycles. The number of hydrogen-bond donors (Lipinski definition) is 1. The summed E-state index contributed by atoms with van der Waals surface area (Å²) in [4.78, 5) is 30.9. The van der Waals surface area contributed by atoms with Crippen LogP contribution in [0.5, 0.6) is 0 Å². The fraction of sp³-hybridized carbons (Fsp3) is 0.800. The minimum absolute atomic E-state index is 0.179. The molecule has 3 amide bonds. The van der Waals surface area contributed by atoms with Crippen molar-refractivity contribution in [3.05, 3.63) is 0 Å². The lowest BCUT2D eigenvalue weighted by atomic mass is 10.0. The van der Waals surface area contributed by atoms with Gasteiger partial charge in [-0.15, -0.1) is 4.28 Å². The molecule has 3 rings (SSSR count). The van der Waals surface area contributed by atoms with Gasteiger partial charge < -0.3 is 4.90 Å². The van der Waals surface area contributed by atoms with E-state index in [-0.39, 0.29) is 12.5 Å². The lowest BCUT2D eigenvalue weighted by molar-refractivity contribution is -0.174. The molecule has 2 bridgehead atoms. The molecule has 3 fully saturated rings. The summed E-state index contributed by atoms with van der Waals surface area (Å²) >= 11 is 0. The summed E-state index contributed by atoms with van der Waals surface area (Å²) in [7, 11) is -4.77. The highest BCUT2D eigenvalue weighted by Gasteiger charge is 2.50. The molecule has 3 aliphatic rings. The minimum atomic E-state index is -4.77. The van der Waals surface area contributed by atoms with Gasteiger partial charge in [-0.1, -0.05) is 0 Å². The quantitative estimate of drug-likeness (QED) is 0.673. The van der Waals surface area contributed by atoms with Crippen LogP contribution in [-0.4, -0.2) is 71.7 Å². The molecule has 1 N–H and O–H groups in total. The number of hydrogen-bond acceptors (Lipinski definition) is 6. The summed E-state index contributed by atoms with van der Waals surface area (Å²) in [5, 5.41) is 1.86. The number of rotatable bonds is 3. The average molecular weight is 321 g/mol. The van der Waals surface area contributed by atoms with E-state index in [2.05, 4.69) is 4.28 Å². The number of piperidine rings is 1. The molecule has 118 valence electrons. The van der Waals surface area contributed by atoms with E-state index >= 15 is 0 Å². The number of hydroxylamine groups is 4. The Kier molecular flexibility index (Phi) is 3.51. The number of urea groups is 1. The van der Waals surface area contributed by atoms with Gasteiger partial charge in [-0.25, -0.2) is 9.86 Å². The molecule has 0 aromatic heterocycles. The molecular formula is C10H15N3O7S. The average Bonchev–Trinajstić information content (AvgIpc) is 3.01. The zero-order valence-electron chi connectivity index (χ0n) is 11.0. The summed E-state index contributed by atoms with van der Waals surface area (Å²) in [5.41, 5.74) is 0. The topological polar surface area (TPSA) is 117 Å². The fourth-order valence-corrected chi connectivity index (χ4v) is 3.26. The van der Waals surface area contributed by atoms with Crippen LogP contribution >= 0.6 is 0 Å². The first-order valence-corrected chi connectivity index (χ1v) is 7.94. The number of carbonyl (C=O) groups is 2. The van der Waals surface area contributed by atoms with Gasteiger partial charge in [0.15, 0.2) is 0 Å². The predicted molar refractivity (Wildman–Crippen MR) is 65.7 cm³/mol. The zero-order chi connectivity index (χ0) is 15.2. The number of nitrogens with zero attached hydrogens (tertiary/aromatic N) is 3. The highest BCUT2D eigenvalue weighted by molar-refractivity contribution is 7.80. The summed E-state index contributed by atoms with van der Waals surface area (Å²) in [6.45, 7) is 1.12. The van der Waals surface area contributed by atoms with E-state index < -0.39 is 28.5 Å². The van der Waals surface area contributed by atoms with Crippen molar-refractivity contribution in [1.82, 2.24) is 15.0 Å². The third-order valence-corrected chi connectivity index (χ3v) is 4.13. The number of carbonyl (C=O) groups excluding carboxylic acids is 2. The molecule has 0 saturated carbocycles. The molecule has 0 spiro atoms. The summed E-state index contributed by atoms with van der Waals surface area (Å²) in [6, 6.07) is -1.93. The summed E-state index contributed by atoms with van der Waals surface area (Å²) < 4.78 is 34.5. The van der Waals surface area contributed by atoms with Gasteiger partial charge in [-0.3, -0.25) is 14.2 Å². The first-order valence-electron chi connectivity index (χ1n) is 6.58. The van der Waals surface area contributed by atoms with Gasteiger partial charge >= 0.3 is 16.4 Å². The smallest absolute Gasteiger partial charge is 0.309 e. The molecule has 21 heavy (non-hydrogen) atoms. The van der Waals surface area contributed by atoms with E-state index in [1.54, 1.807) is 0 Å². The molecule has 0 aliphatic carbocycles. The van der Waals surface area contributed by atoms with E-state index in [4.69, 9.17) is 9.39 Å². The first-order chi connectivity index (χ1) is 9.87. The highest BCUT2D eigenvalue weighted by Crippen LogP contribution is 2.31. The van der Waals surface area contributed by atoms with E-state index in [1.165, 1.54) is 9.96 Å². The lowest BCUT2D eigenvalue weighted by Crippen LogP contribution is -2.50. The molecule has 0 aromatic rings. The van der Waals surface area contributed by atoms with Crippen LogP contribution in [0, 0.1) is 0 Å². The standard InChI is InChI=1S/C10H15N3O7S/c14-9(12-4-1-5-19-12)8-3-2-7-6-11(8)10(15)13(7)20-21(16,17)18/h7-8H,1-6H2,(H,16,17,18)/t7-,8+/m1/s1. The van der Waals surface area contributed by atoms with Crippen molar-refractivity contribution in [1.29, 1.82) is 0 Å². The van der Waals surface area contributed by atoms with E-state index in [0.717, 1.165) is 6.42 Å². The van der Waals surface area contributed by atoms with Gasteiger partial charge in [0, 0.05) is 6.54 Å². The van der Waals surface area contributed by atoms with E-state index in [9.17, 15) is 18.0 Å². The lowest BCUT2D eigenvalue weighted by Gasteiger charge is -2.31. The maximum Gasteiger partial charge on any atom is 0.418 e. The Balaban J connectivity index is 1.74. The Morgan fingerprint density at radius 3 is 2.76 bits per heavy atom. The Labute approximate surface area is 121 Å². The third kappa shape index (κ3) is 2.69. The van der Waals surface area contributed by atoms with Gasteiger partial charge in [-0.2, -0.15) is 13.5 Å². The first kappa shape index (κ1) is 14.5. The van der Waals surface area contributed by atoms with Crippen LogP contribution in [0.25, 0.3) is 0 Å². The van der Waals surface area contributed by atoms with E-state index in [1.807, 2.05) is 0 Å². The van der Waals surface area contributed by atoms with Gasteiger partial charge in [-0.05, 0) is 19.3 Å². The van der Waals surface area contributed by atoms with Gasteiger partial charge in [0.2, 0.25) is 0 Å². The second-order valence-corrected chi connectivity index (χ2v) is 6.14. The minimum Gasteiger partial charge on any atom is -0.309 e. The van der Waals surface area contributed by atoms with E-state index in [0.29, 0.717) is 31.1 Å². The molecule has 3 saturated heterocycles. The van der Waals surface area contributed by atoms with Crippen molar-refractivity contribution in [2.45, 2.75) is 31.3 Å². The van der Waals surface area contributed by atoms with Crippen LogP contribution in [0.4, 0.5) is 4.79 Å². The molecule has 11 heteroatoms. The second kappa shape index (κ2) is 5.09. The van der Waals surface area contributed by atoms with Crippen molar-refractivity contribution in [2.75, 3.05) is 19.7 Å². The predicted octanol–water partition coefficient (Wildman–Crippen LogP) is -0.847. The SMILES string of the molecule is O=C([C@@H]1CC[C@@H]2CN1C(=O)N2OS(=O)(=O)O)N1CCCO1. The molecular weight excluding hydrogens is 306 g/mol. The third-order valence-electron chi connectivity index (χ3n) is 3.78. The summed E-state index contributed by atoms with van der Waals surface area (Å²) in [5.74, 6) is -0.312. The Bertz CT molecular complexity index is 559. The maximum atomic E-state index is 12.3. The van der Waals surface area contributed by atoms with Crippen molar-refractivity contribution >= 4 is 22.3 Å². The van der Waals surface area contributed by atoms with Gasteiger partial charge in [0.05, 0.1) is 19.2 Å². The van der Waals surface area contributed by atoms with Crippen LogP contribution in [-0.2, 0) is 24.3 Å². The molecule has 3 aliphatic heterocycles. The normalized spacial score (nSPS) is 29.4. The maximum absolute atomic E-state index is 12.3. The van der Waals surface area contributed by atoms with Crippen LogP contribution < -0.4 is 0 Å². The molecule has 3 heterocycles.